The van der Waals surface area contributed by atoms with Crippen LogP contribution in [0.15, 0.2) is 24.3 Å². The molecule has 1 aromatic carbocycles. The van der Waals surface area contributed by atoms with Gasteiger partial charge in [-0.1, -0.05) is 23.8 Å². The Balaban J connectivity index is 1.78. The second-order valence-electron chi connectivity index (χ2n) is 6.08. The van der Waals surface area contributed by atoms with Crippen LogP contribution in [-0.4, -0.2) is 36.7 Å². The van der Waals surface area contributed by atoms with E-state index in [0.717, 1.165) is 5.56 Å². The first-order chi connectivity index (χ1) is 12.0. The zero-order valence-electron chi connectivity index (χ0n) is 13.8. The average molecular weight is 364 g/mol. The number of carbonyl (C=O) groups excluding carboxylic acids is 2. The van der Waals surface area contributed by atoms with E-state index in [-0.39, 0.29) is 35.1 Å². The second-order valence-corrected chi connectivity index (χ2v) is 6.48. The van der Waals surface area contributed by atoms with E-state index in [1.165, 1.54) is 0 Å². The summed E-state index contributed by atoms with van der Waals surface area (Å²) >= 11 is 6.21. The quantitative estimate of drug-likeness (QED) is 0.477. The lowest BCUT2D eigenvalue weighted by Crippen LogP contribution is -2.45. The van der Waals surface area contributed by atoms with Gasteiger partial charge < -0.3 is 19.7 Å². The summed E-state index contributed by atoms with van der Waals surface area (Å²) in [6.07, 6.45) is 4.92. The van der Waals surface area contributed by atoms with Crippen LogP contribution in [0.25, 0.3) is 0 Å². The van der Waals surface area contributed by atoms with E-state index >= 15 is 0 Å². The van der Waals surface area contributed by atoms with Crippen LogP contribution in [0.3, 0.4) is 0 Å². The molecule has 2 atom stereocenters. The number of benzene rings is 1. The first-order valence-electron chi connectivity index (χ1n) is 8.25. The summed E-state index contributed by atoms with van der Waals surface area (Å²) < 4.78 is 10.2. The topological polar surface area (TPSA) is 84.9 Å². The molecule has 3 rings (SSSR count). The number of amides is 1. The molecule has 0 saturated carbocycles. The molecule has 0 spiro atoms. The van der Waals surface area contributed by atoms with Gasteiger partial charge in [-0.15, -0.1) is 0 Å². The third kappa shape index (κ3) is 3.73. The lowest BCUT2D eigenvalue weighted by molar-refractivity contribution is -0.149. The van der Waals surface area contributed by atoms with Gasteiger partial charge in [-0.3, -0.25) is 9.59 Å². The van der Waals surface area contributed by atoms with Crippen molar-refractivity contribution in [2.24, 2.45) is 5.92 Å². The zero-order valence-corrected chi connectivity index (χ0v) is 14.6. The Morgan fingerprint density at radius 1 is 1.40 bits per heavy atom. The molecule has 8 heteroatoms. The van der Waals surface area contributed by atoms with E-state index in [9.17, 15) is 14.6 Å². The van der Waals surface area contributed by atoms with Gasteiger partial charge in [0.2, 0.25) is 0 Å². The summed E-state index contributed by atoms with van der Waals surface area (Å²) in [7, 11) is -1.05. The van der Waals surface area contributed by atoms with Crippen molar-refractivity contribution >= 4 is 36.1 Å². The van der Waals surface area contributed by atoms with Gasteiger partial charge in [0.05, 0.1) is 29.7 Å². The molecule has 25 heavy (non-hydrogen) atoms. The Labute approximate surface area is 151 Å². The van der Waals surface area contributed by atoms with Crippen molar-refractivity contribution in [1.82, 2.24) is 5.32 Å². The van der Waals surface area contributed by atoms with Crippen molar-refractivity contribution in [2.75, 3.05) is 6.61 Å². The Kier molecular flexibility index (Phi) is 5.46. The fourth-order valence-corrected chi connectivity index (χ4v) is 3.42. The number of allylic oxidation sites excluding steroid dienone is 1. The highest BCUT2D eigenvalue weighted by Gasteiger charge is 2.33. The van der Waals surface area contributed by atoms with E-state index in [1.54, 1.807) is 19.1 Å². The van der Waals surface area contributed by atoms with Gasteiger partial charge >= 0.3 is 13.1 Å². The van der Waals surface area contributed by atoms with Gasteiger partial charge in [0.15, 0.2) is 0 Å². The van der Waals surface area contributed by atoms with Crippen molar-refractivity contribution < 1.29 is 24.0 Å². The van der Waals surface area contributed by atoms with E-state index in [2.05, 4.69) is 5.32 Å². The third-order valence-electron chi connectivity index (χ3n) is 4.47. The number of ether oxygens (including phenoxy) is 1. The number of carbonyl (C=O) groups is 2. The molecule has 1 amide bonds. The Hall–Kier alpha value is -1.83. The van der Waals surface area contributed by atoms with Crippen LogP contribution < -0.4 is 10.8 Å². The number of rotatable bonds is 4. The van der Waals surface area contributed by atoms with E-state index in [4.69, 9.17) is 21.0 Å². The molecular weight excluding hydrogens is 344 g/mol. The summed E-state index contributed by atoms with van der Waals surface area (Å²) in [5.41, 5.74) is 1.56. The predicted octanol–water partition coefficient (Wildman–Crippen LogP) is 1.19. The number of fused-ring (bicyclic) bond motifs is 1. The Bertz CT molecular complexity index is 723. The highest BCUT2D eigenvalue weighted by Crippen LogP contribution is 2.24. The maximum Gasteiger partial charge on any atom is 0.491 e. The molecule has 2 N–H and O–H groups in total. The number of esters is 1. The van der Waals surface area contributed by atoms with Gasteiger partial charge in [-0.25, -0.2) is 0 Å². The van der Waals surface area contributed by atoms with E-state index in [1.807, 2.05) is 12.2 Å². The van der Waals surface area contributed by atoms with E-state index < -0.39 is 13.0 Å². The minimum atomic E-state index is -1.05. The summed E-state index contributed by atoms with van der Waals surface area (Å²) in [4.78, 5) is 24.8. The van der Waals surface area contributed by atoms with Crippen molar-refractivity contribution in [3.63, 3.8) is 0 Å². The molecule has 132 valence electrons. The largest absolute Gasteiger partial charge is 0.491 e. The summed E-state index contributed by atoms with van der Waals surface area (Å²) in [5.74, 6) is -1.13. The molecule has 6 nitrogen and oxygen atoms in total. The fourth-order valence-electron chi connectivity index (χ4n) is 3.15. The first-order valence-corrected chi connectivity index (χ1v) is 8.63. The van der Waals surface area contributed by atoms with Crippen LogP contribution in [0.5, 0.6) is 0 Å². The maximum atomic E-state index is 12.7. The number of nitrogens with one attached hydrogen (secondary N) is 1. The summed E-state index contributed by atoms with van der Waals surface area (Å²) in [6.45, 7) is 2.31. The Morgan fingerprint density at radius 3 is 2.92 bits per heavy atom. The maximum absolute atomic E-state index is 12.7. The molecule has 2 unspecified atom stereocenters. The molecule has 0 saturated heterocycles. The van der Waals surface area contributed by atoms with Gasteiger partial charge in [0.25, 0.3) is 5.91 Å². The summed E-state index contributed by atoms with van der Waals surface area (Å²) in [5, 5.41) is 13.0. The number of hydrogen-bond donors (Lipinski definition) is 2. The molecule has 0 radical (unpaired) electrons. The molecule has 1 aromatic rings. The average Bonchev–Trinajstić information content (AvgIpc) is 2.94. The SMILES string of the molecule is CCOC(=O)C1CC=CCC1NC(=O)c1cc2c(cc1Cl)COB2O. The molecule has 0 bridgehead atoms. The third-order valence-corrected chi connectivity index (χ3v) is 4.79. The highest BCUT2D eigenvalue weighted by molar-refractivity contribution is 6.61. The van der Waals surface area contributed by atoms with Crippen LogP contribution in [0.2, 0.25) is 5.02 Å². The zero-order chi connectivity index (χ0) is 18.0. The van der Waals surface area contributed by atoms with Crippen LogP contribution >= 0.6 is 11.6 Å². The minimum absolute atomic E-state index is 0.252. The fraction of sp³-hybridized carbons (Fsp3) is 0.412. The lowest BCUT2D eigenvalue weighted by Gasteiger charge is -2.27. The minimum Gasteiger partial charge on any atom is -0.466 e. The standard InChI is InChI=1S/C17H19BClNO5/c1-2-24-17(22)11-5-3-4-6-15(11)20-16(21)12-8-13-10(7-14(12)19)9-25-18(13)23/h3-4,7-8,11,15,23H,2,5-6,9H2,1H3,(H,20,21). The molecule has 0 aromatic heterocycles. The van der Waals surface area contributed by atoms with E-state index in [0.29, 0.717) is 24.9 Å². The lowest BCUT2D eigenvalue weighted by atomic mass is 9.78. The highest BCUT2D eigenvalue weighted by atomic mass is 35.5. The molecule has 2 aliphatic rings. The van der Waals surface area contributed by atoms with Crippen molar-refractivity contribution in [3.8, 4) is 0 Å². The number of hydrogen-bond acceptors (Lipinski definition) is 5. The van der Waals surface area contributed by atoms with Gasteiger partial charge in [-0.2, -0.15) is 0 Å². The van der Waals surface area contributed by atoms with Crippen molar-refractivity contribution in [3.05, 3.63) is 40.4 Å². The first kappa shape index (κ1) is 18.0. The molecular formula is C17H19BClNO5. The molecule has 1 aliphatic carbocycles. The van der Waals surface area contributed by atoms with Gasteiger partial charge in [0.1, 0.15) is 0 Å². The molecule has 0 fully saturated rings. The molecule has 1 heterocycles. The van der Waals surface area contributed by atoms with Crippen molar-refractivity contribution in [2.45, 2.75) is 32.4 Å². The monoisotopic (exact) mass is 363 g/mol. The Morgan fingerprint density at radius 2 is 2.16 bits per heavy atom. The molecule has 1 aliphatic heterocycles. The van der Waals surface area contributed by atoms with Crippen LogP contribution in [0.1, 0.15) is 35.7 Å². The van der Waals surface area contributed by atoms with Crippen LogP contribution in [0, 0.1) is 5.92 Å². The summed E-state index contributed by atoms with van der Waals surface area (Å²) in [6, 6.07) is 2.82. The van der Waals surface area contributed by atoms with Crippen molar-refractivity contribution in [1.29, 1.82) is 0 Å². The predicted molar refractivity (Wildman–Crippen MR) is 93.6 cm³/mol. The van der Waals surface area contributed by atoms with Gasteiger partial charge in [0, 0.05) is 6.04 Å². The van der Waals surface area contributed by atoms with Crippen LogP contribution in [0.4, 0.5) is 0 Å². The number of halogens is 1. The van der Waals surface area contributed by atoms with Crippen LogP contribution in [-0.2, 0) is 20.8 Å². The normalized spacial score (nSPS) is 21.8. The smallest absolute Gasteiger partial charge is 0.466 e. The van der Waals surface area contributed by atoms with Gasteiger partial charge in [-0.05, 0) is 42.9 Å². The second kappa shape index (κ2) is 7.60.